The Morgan fingerprint density at radius 3 is 1.85 bits per heavy atom. The number of benzene rings is 7. The second-order valence-corrected chi connectivity index (χ2v) is 16.6. The van der Waals surface area contributed by atoms with Gasteiger partial charge in [-0.3, -0.25) is 0 Å². The van der Waals surface area contributed by atoms with Crippen LogP contribution in [0.4, 0.5) is 17.1 Å². The molecule has 0 unspecified atom stereocenters. The molecule has 2 heteroatoms. The minimum Gasteiger partial charge on any atom is -0.456 e. The lowest BCUT2D eigenvalue weighted by molar-refractivity contribution is -0.0399. The predicted octanol–water partition coefficient (Wildman–Crippen LogP) is 14.1. The van der Waals surface area contributed by atoms with Crippen LogP contribution in [0.1, 0.15) is 43.2 Å². The molecule has 2 nitrogen and oxygen atoms in total. The molecule has 13 rings (SSSR count). The summed E-state index contributed by atoms with van der Waals surface area (Å²) in [6.07, 6.45) is 7.12. The van der Waals surface area contributed by atoms with Crippen LogP contribution >= 0.6 is 0 Å². The maximum atomic E-state index is 6.41. The molecule has 0 N–H and O–H groups in total. The zero-order valence-corrected chi connectivity index (χ0v) is 30.3. The third-order valence-corrected chi connectivity index (χ3v) is 13.8. The summed E-state index contributed by atoms with van der Waals surface area (Å²) in [5, 5.41) is 2.28. The molecule has 5 aliphatic rings. The molecule has 260 valence electrons. The van der Waals surface area contributed by atoms with Gasteiger partial charge in [-0.1, -0.05) is 109 Å². The molecule has 5 aliphatic carbocycles. The second-order valence-electron chi connectivity index (χ2n) is 16.6. The van der Waals surface area contributed by atoms with Crippen LogP contribution in [0.2, 0.25) is 0 Å². The van der Waals surface area contributed by atoms with Gasteiger partial charge in [0.15, 0.2) is 0 Å². The SMILES string of the molecule is c1ccc(-c2ccc(N(c3cccc(-c4ccc5c(c4)-c4ccccc4C54C5CC6CC(C5)CC4C6)c3)c3ccc4c(c3)oc3ccccc34)cc2)cc1. The molecule has 0 amide bonds. The van der Waals surface area contributed by atoms with E-state index in [0.717, 1.165) is 62.7 Å². The summed E-state index contributed by atoms with van der Waals surface area (Å²) in [5.74, 6) is 3.44. The number of rotatable bonds is 5. The molecule has 8 aromatic rings. The van der Waals surface area contributed by atoms with Crippen LogP contribution in [0, 0.1) is 23.7 Å². The van der Waals surface area contributed by atoms with Crippen molar-refractivity contribution < 1.29 is 4.42 Å². The van der Waals surface area contributed by atoms with Crippen molar-refractivity contribution in [1.82, 2.24) is 0 Å². The monoisotopic (exact) mass is 695 g/mol. The molecule has 1 aromatic heterocycles. The third kappa shape index (κ3) is 4.40. The standard InChI is InChI=1S/C52H41NO/c1-2-9-35(10-3-1)36-17-20-41(21-18-36)53(43-22-23-46-45-14-5-7-16-50(45)54-51(46)32-43)42-12-8-11-37(30-42)38-19-24-49-47(31-38)44-13-4-6-15-48(44)52(49)39-26-33-25-34(28-39)29-40(52)27-33/h1-24,30-34,39-40H,25-29H2. The quantitative estimate of drug-likeness (QED) is 0.178. The Balaban J connectivity index is 0.981. The van der Waals surface area contributed by atoms with Gasteiger partial charge < -0.3 is 9.32 Å². The van der Waals surface area contributed by atoms with Crippen molar-refractivity contribution in [2.24, 2.45) is 23.7 Å². The summed E-state index contributed by atoms with van der Waals surface area (Å²) in [4.78, 5) is 2.37. The first-order valence-electron chi connectivity index (χ1n) is 19.9. The van der Waals surface area contributed by atoms with E-state index < -0.39 is 0 Å². The number of nitrogens with zero attached hydrogens (tertiary/aromatic N) is 1. The van der Waals surface area contributed by atoms with E-state index >= 15 is 0 Å². The lowest BCUT2D eigenvalue weighted by Gasteiger charge is -2.61. The van der Waals surface area contributed by atoms with Gasteiger partial charge in [-0.2, -0.15) is 0 Å². The molecule has 0 atom stereocenters. The van der Waals surface area contributed by atoms with Gasteiger partial charge in [0, 0.05) is 39.3 Å². The van der Waals surface area contributed by atoms with E-state index in [1.807, 2.05) is 6.07 Å². The van der Waals surface area contributed by atoms with Crippen LogP contribution in [0.25, 0.3) is 55.3 Å². The molecular weight excluding hydrogens is 655 g/mol. The number of hydrogen-bond acceptors (Lipinski definition) is 2. The number of furan rings is 1. The molecule has 7 aromatic carbocycles. The van der Waals surface area contributed by atoms with E-state index in [1.54, 1.807) is 11.1 Å². The van der Waals surface area contributed by atoms with Crippen molar-refractivity contribution in [1.29, 1.82) is 0 Å². The highest BCUT2D eigenvalue weighted by atomic mass is 16.3. The van der Waals surface area contributed by atoms with Crippen molar-refractivity contribution in [2.45, 2.75) is 37.5 Å². The Morgan fingerprint density at radius 1 is 0.407 bits per heavy atom. The largest absolute Gasteiger partial charge is 0.456 e. The number of fused-ring (bicyclic) bond motifs is 6. The second kappa shape index (κ2) is 11.6. The third-order valence-electron chi connectivity index (χ3n) is 13.8. The Labute approximate surface area is 316 Å². The maximum Gasteiger partial charge on any atom is 0.137 e. The molecule has 54 heavy (non-hydrogen) atoms. The van der Waals surface area contributed by atoms with E-state index in [0.29, 0.717) is 0 Å². The van der Waals surface area contributed by atoms with Gasteiger partial charge in [-0.15, -0.1) is 0 Å². The molecule has 4 saturated carbocycles. The molecule has 4 bridgehead atoms. The summed E-state index contributed by atoms with van der Waals surface area (Å²) in [5.41, 5.74) is 16.4. The summed E-state index contributed by atoms with van der Waals surface area (Å²) in [6.45, 7) is 0. The van der Waals surface area contributed by atoms with Crippen molar-refractivity contribution >= 4 is 39.0 Å². The van der Waals surface area contributed by atoms with E-state index in [1.165, 1.54) is 65.5 Å². The normalized spacial score (nSPS) is 23.3. The van der Waals surface area contributed by atoms with Crippen molar-refractivity contribution in [3.05, 3.63) is 175 Å². The average Bonchev–Trinajstić information content (AvgIpc) is 3.74. The van der Waals surface area contributed by atoms with Gasteiger partial charge in [0.25, 0.3) is 0 Å². The van der Waals surface area contributed by atoms with E-state index in [-0.39, 0.29) is 5.41 Å². The summed E-state index contributed by atoms with van der Waals surface area (Å²) in [6, 6.07) is 60.6. The fourth-order valence-electron chi connectivity index (χ4n) is 11.9. The Morgan fingerprint density at radius 2 is 1.02 bits per heavy atom. The highest BCUT2D eigenvalue weighted by Gasteiger charge is 2.61. The fourth-order valence-corrected chi connectivity index (χ4v) is 11.9. The van der Waals surface area contributed by atoms with Crippen LogP contribution < -0.4 is 4.90 Å². The minimum atomic E-state index is 0.192. The molecule has 0 radical (unpaired) electrons. The van der Waals surface area contributed by atoms with Crippen molar-refractivity contribution in [3.8, 4) is 33.4 Å². The van der Waals surface area contributed by atoms with E-state index in [9.17, 15) is 0 Å². The van der Waals surface area contributed by atoms with E-state index in [2.05, 4.69) is 163 Å². The summed E-state index contributed by atoms with van der Waals surface area (Å²) >= 11 is 0. The first kappa shape index (κ1) is 30.6. The topological polar surface area (TPSA) is 16.4 Å². The van der Waals surface area contributed by atoms with Gasteiger partial charge in [0.05, 0.1) is 0 Å². The fraction of sp³-hybridized carbons (Fsp3) is 0.192. The van der Waals surface area contributed by atoms with E-state index in [4.69, 9.17) is 4.42 Å². The zero-order valence-electron chi connectivity index (χ0n) is 30.3. The lowest BCUT2D eigenvalue weighted by atomic mass is 9.43. The van der Waals surface area contributed by atoms with Gasteiger partial charge in [-0.05, 0) is 149 Å². The average molecular weight is 696 g/mol. The first-order valence-corrected chi connectivity index (χ1v) is 19.9. The minimum absolute atomic E-state index is 0.192. The number of hydrogen-bond donors (Lipinski definition) is 0. The molecule has 0 saturated heterocycles. The molecule has 1 heterocycles. The maximum absolute atomic E-state index is 6.41. The Hall–Kier alpha value is -5.86. The Kier molecular flexibility index (Phi) is 6.55. The van der Waals surface area contributed by atoms with Crippen LogP contribution in [0.15, 0.2) is 168 Å². The van der Waals surface area contributed by atoms with Crippen LogP contribution in [-0.4, -0.2) is 0 Å². The Bertz CT molecular complexity index is 2710. The summed E-state index contributed by atoms with van der Waals surface area (Å²) in [7, 11) is 0. The van der Waals surface area contributed by atoms with Crippen LogP contribution in [-0.2, 0) is 5.41 Å². The number of anilines is 3. The van der Waals surface area contributed by atoms with Crippen LogP contribution in [0.5, 0.6) is 0 Å². The molecule has 4 fully saturated rings. The zero-order chi connectivity index (χ0) is 35.4. The molecule has 1 spiro atoms. The predicted molar refractivity (Wildman–Crippen MR) is 223 cm³/mol. The van der Waals surface area contributed by atoms with Gasteiger partial charge >= 0.3 is 0 Å². The van der Waals surface area contributed by atoms with Crippen molar-refractivity contribution in [3.63, 3.8) is 0 Å². The highest BCUT2D eigenvalue weighted by molar-refractivity contribution is 6.06. The van der Waals surface area contributed by atoms with Gasteiger partial charge in [0.1, 0.15) is 11.2 Å². The van der Waals surface area contributed by atoms with Crippen LogP contribution in [0.3, 0.4) is 0 Å². The highest BCUT2D eigenvalue weighted by Crippen LogP contribution is 2.69. The lowest BCUT2D eigenvalue weighted by Crippen LogP contribution is -2.55. The first-order chi connectivity index (χ1) is 26.7. The van der Waals surface area contributed by atoms with Crippen molar-refractivity contribution in [2.75, 3.05) is 4.90 Å². The smallest absolute Gasteiger partial charge is 0.137 e. The van der Waals surface area contributed by atoms with Gasteiger partial charge in [0.2, 0.25) is 0 Å². The number of para-hydroxylation sites is 1. The molecular formula is C52H41NO. The van der Waals surface area contributed by atoms with Gasteiger partial charge in [-0.25, -0.2) is 0 Å². The molecule has 0 aliphatic heterocycles. The summed E-state index contributed by atoms with van der Waals surface area (Å²) < 4.78 is 6.41.